The van der Waals surface area contributed by atoms with Gasteiger partial charge in [-0.05, 0) is 5.92 Å². The first-order valence-electron chi connectivity index (χ1n) is 3.54. The fourth-order valence-corrected chi connectivity index (χ4v) is 0.173. The summed E-state index contributed by atoms with van der Waals surface area (Å²) in [5, 5.41) is 16.2. The maximum atomic E-state index is 8.14. The summed E-state index contributed by atoms with van der Waals surface area (Å²) in [5.41, 5.74) is 0. The van der Waals surface area contributed by atoms with E-state index in [0.29, 0.717) is 12.5 Å². The van der Waals surface area contributed by atoms with Gasteiger partial charge in [0.2, 0.25) is 0 Å². The lowest BCUT2D eigenvalue weighted by atomic mass is 10.2. The van der Waals surface area contributed by atoms with E-state index in [1.54, 1.807) is 0 Å². The summed E-state index contributed by atoms with van der Waals surface area (Å²) >= 11 is 0. The summed E-state index contributed by atoms with van der Waals surface area (Å²) in [6, 6.07) is 0. The van der Waals surface area contributed by atoms with E-state index in [4.69, 9.17) is 10.2 Å². The van der Waals surface area contributed by atoms with Crippen LogP contribution in [0, 0.1) is 5.92 Å². The highest BCUT2D eigenvalue weighted by atomic mass is 16.6. The Morgan fingerprint density at radius 1 is 1.50 bits per heavy atom. The summed E-state index contributed by atoms with van der Waals surface area (Å²) in [6.45, 7) is 5.20. The smallest absolute Gasteiger partial charge is 0.104 e. The second kappa shape index (κ2) is 5.65. The van der Waals surface area contributed by atoms with E-state index in [1.807, 2.05) is 13.8 Å². The molecule has 1 fully saturated rings. The summed E-state index contributed by atoms with van der Waals surface area (Å²) in [5.74, 6) is 0.440. The van der Waals surface area contributed by atoms with E-state index in [-0.39, 0.29) is 12.7 Å². The molecule has 2 N–H and O–H groups in total. The quantitative estimate of drug-likeness (QED) is 0.542. The predicted octanol–water partition coefficient (Wildman–Crippen LogP) is 0.0122. The first kappa shape index (κ1) is 9.88. The molecule has 1 rings (SSSR count). The van der Waals surface area contributed by atoms with E-state index in [2.05, 4.69) is 4.74 Å². The minimum Gasteiger partial charge on any atom is -0.396 e. The van der Waals surface area contributed by atoms with Crippen LogP contribution in [0.15, 0.2) is 0 Å². The van der Waals surface area contributed by atoms with Crippen molar-refractivity contribution in [3.63, 3.8) is 0 Å². The molecule has 0 aromatic rings. The lowest BCUT2D eigenvalue weighted by Gasteiger charge is -1.90. The molecule has 0 aromatic heterocycles. The molecule has 0 saturated carbocycles. The monoisotopic (exact) mass is 148 g/mol. The van der Waals surface area contributed by atoms with Crippen molar-refractivity contribution < 1.29 is 14.9 Å². The van der Waals surface area contributed by atoms with Gasteiger partial charge in [0.15, 0.2) is 0 Å². The number of aliphatic hydroxyl groups excluding tert-OH is 2. The third-order valence-electron chi connectivity index (χ3n) is 0.971. The Balaban J connectivity index is 0.000000162. The van der Waals surface area contributed by atoms with Crippen LogP contribution in [-0.2, 0) is 4.74 Å². The number of hydrogen-bond donors (Lipinski definition) is 2. The fraction of sp³-hybridized carbons (Fsp3) is 1.00. The Morgan fingerprint density at radius 2 is 1.90 bits per heavy atom. The van der Waals surface area contributed by atoms with E-state index >= 15 is 0 Å². The Morgan fingerprint density at radius 3 is 1.90 bits per heavy atom. The maximum Gasteiger partial charge on any atom is 0.104 e. The van der Waals surface area contributed by atoms with E-state index in [9.17, 15) is 0 Å². The van der Waals surface area contributed by atoms with Gasteiger partial charge in [-0.15, -0.1) is 0 Å². The van der Waals surface area contributed by atoms with Gasteiger partial charge in [-0.2, -0.15) is 0 Å². The molecule has 3 heteroatoms. The Bertz CT molecular complexity index is 67.3. The molecule has 1 heterocycles. The lowest BCUT2D eigenvalue weighted by Crippen LogP contribution is -1.90. The molecule has 0 aromatic carbocycles. The number of hydrogen-bond acceptors (Lipinski definition) is 3. The maximum absolute atomic E-state index is 8.14. The molecular formula is C7H16O3. The highest BCUT2D eigenvalue weighted by Gasteiger charge is 2.19. The van der Waals surface area contributed by atoms with Crippen LogP contribution in [0.25, 0.3) is 0 Å². The van der Waals surface area contributed by atoms with Crippen molar-refractivity contribution >= 4 is 0 Å². The van der Waals surface area contributed by atoms with Gasteiger partial charge < -0.3 is 14.9 Å². The zero-order valence-corrected chi connectivity index (χ0v) is 6.58. The minimum absolute atomic E-state index is 0.190. The van der Waals surface area contributed by atoms with Crippen molar-refractivity contribution in [2.45, 2.75) is 20.0 Å². The number of rotatable bonds is 2. The Labute approximate surface area is 61.6 Å². The van der Waals surface area contributed by atoms with Gasteiger partial charge in [0.05, 0.1) is 13.2 Å². The number of aliphatic hydroxyl groups is 2. The zero-order chi connectivity index (χ0) is 7.98. The Kier molecular flexibility index (Phi) is 5.58. The minimum atomic E-state index is 0.190. The van der Waals surface area contributed by atoms with Crippen molar-refractivity contribution in [2.75, 3.05) is 19.8 Å². The van der Waals surface area contributed by atoms with Gasteiger partial charge in [0.1, 0.15) is 6.10 Å². The van der Waals surface area contributed by atoms with Gasteiger partial charge >= 0.3 is 0 Å². The largest absolute Gasteiger partial charge is 0.396 e. The molecule has 0 radical (unpaired) electrons. The van der Waals surface area contributed by atoms with Crippen LogP contribution in [0.4, 0.5) is 0 Å². The number of epoxide rings is 1. The molecular weight excluding hydrogens is 132 g/mol. The van der Waals surface area contributed by atoms with Crippen LogP contribution in [0.2, 0.25) is 0 Å². The van der Waals surface area contributed by atoms with Crippen LogP contribution >= 0.6 is 0 Å². The van der Waals surface area contributed by atoms with Gasteiger partial charge in [-0.25, -0.2) is 0 Å². The van der Waals surface area contributed by atoms with Crippen LogP contribution in [0.3, 0.4) is 0 Å². The summed E-state index contributed by atoms with van der Waals surface area (Å²) < 4.78 is 4.61. The third kappa shape index (κ3) is 7.88. The van der Waals surface area contributed by atoms with Crippen molar-refractivity contribution in [3.05, 3.63) is 0 Å². The Hall–Kier alpha value is -0.120. The second-order valence-electron chi connectivity index (χ2n) is 2.71. The first-order valence-corrected chi connectivity index (χ1v) is 3.54. The highest BCUT2D eigenvalue weighted by molar-refractivity contribution is 4.65. The highest BCUT2D eigenvalue weighted by Crippen LogP contribution is 2.04. The molecule has 0 aliphatic carbocycles. The summed E-state index contributed by atoms with van der Waals surface area (Å²) in [4.78, 5) is 0. The molecule has 1 saturated heterocycles. The first-order chi connectivity index (χ1) is 4.70. The molecule has 1 aliphatic heterocycles. The second-order valence-corrected chi connectivity index (χ2v) is 2.71. The molecule has 1 atom stereocenters. The van der Waals surface area contributed by atoms with Gasteiger partial charge in [-0.3, -0.25) is 0 Å². The molecule has 62 valence electrons. The van der Waals surface area contributed by atoms with Crippen molar-refractivity contribution in [2.24, 2.45) is 5.92 Å². The fourth-order valence-electron chi connectivity index (χ4n) is 0.173. The summed E-state index contributed by atoms with van der Waals surface area (Å²) in [6.07, 6.45) is 0.190. The normalized spacial score (nSPS) is 21.9. The molecule has 0 spiro atoms. The molecule has 10 heavy (non-hydrogen) atoms. The SMILES string of the molecule is CC(C)CO.OCC1CO1. The van der Waals surface area contributed by atoms with Gasteiger partial charge in [0.25, 0.3) is 0 Å². The molecule has 1 unspecified atom stereocenters. The lowest BCUT2D eigenvalue weighted by molar-refractivity contribution is 0.244. The van der Waals surface area contributed by atoms with Crippen molar-refractivity contribution in [1.82, 2.24) is 0 Å². The van der Waals surface area contributed by atoms with E-state index in [1.165, 1.54) is 0 Å². The number of ether oxygens (including phenoxy) is 1. The average molecular weight is 148 g/mol. The van der Waals surface area contributed by atoms with Gasteiger partial charge in [0, 0.05) is 6.61 Å². The molecule has 3 nitrogen and oxygen atoms in total. The standard InChI is InChI=1S/C4H10O.C3H6O2/c1-4(2)3-5;4-1-3-2-5-3/h4-5H,3H2,1-2H3;3-4H,1-2H2. The third-order valence-corrected chi connectivity index (χ3v) is 0.971. The zero-order valence-electron chi connectivity index (χ0n) is 6.58. The summed E-state index contributed by atoms with van der Waals surface area (Å²) in [7, 11) is 0. The van der Waals surface area contributed by atoms with Crippen LogP contribution in [-0.4, -0.2) is 36.1 Å². The average Bonchev–Trinajstić information content (AvgIpc) is 2.70. The van der Waals surface area contributed by atoms with Gasteiger partial charge in [-0.1, -0.05) is 13.8 Å². The van der Waals surface area contributed by atoms with E-state index in [0.717, 1.165) is 6.61 Å². The van der Waals surface area contributed by atoms with Crippen LogP contribution in [0.5, 0.6) is 0 Å². The molecule has 0 bridgehead atoms. The van der Waals surface area contributed by atoms with Crippen molar-refractivity contribution in [1.29, 1.82) is 0 Å². The van der Waals surface area contributed by atoms with Crippen LogP contribution < -0.4 is 0 Å². The predicted molar refractivity (Wildman–Crippen MR) is 38.7 cm³/mol. The molecule has 0 amide bonds. The van der Waals surface area contributed by atoms with E-state index < -0.39 is 0 Å². The topological polar surface area (TPSA) is 53.0 Å². The van der Waals surface area contributed by atoms with Crippen molar-refractivity contribution in [3.8, 4) is 0 Å². The van der Waals surface area contributed by atoms with Crippen LogP contribution in [0.1, 0.15) is 13.8 Å². The molecule has 1 aliphatic rings.